The van der Waals surface area contributed by atoms with Crippen molar-refractivity contribution < 1.29 is 14.3 Å². The average Bonchev–Trinajstić information content (AvgIpc) is 1.99. The van der Waals surface area contributed by atoms with Crippen molar-refractivity contribution in [1.29, 1.82) is 0 Å². The molecule has 4 heteroatoms. The molecule has 0 atom stereocenters. The molecule has 58 valence electrons. The van der Waals surface area contributed by atoms with Gasteiger partial charge in [0.1, 0.15) is 0 Å². The van der Waals surface area contributed by atoms with Crippen molar-refractivity contribution in [2.45, 2.75) is 13.3 Å². The highest BCUT2D eigenvalue weighted by molar-refractivity contribution is 5.87. The summed E-state index contributed by atoms with van der Waals surface area (Å²) in [6.45, 7) is 1.84. The molecule has 10 heavy (non-hydrogen) atoms. The average molecular weight is 145 g/mol. The molecule has 0 unspecified atom stereocenters. The summed E-state index contributed by atoms with van der Waals surface area (Å²) in [5.41, 5.74) is 0. The molecule has 0 heterocycles. The molecule has 0 aromatic carbocycles. The molecular formula is C6H11NO3. The Balaban J connectivity index is 3.96. The summed E-state index contributed by atoms with van der Waals surface area (Å²) in [6, 6.07) is 0. The van der Waals surface area contributed by atoms with Crippen LogP contribution in [0.1, 0.15) is 13.3 Å². The predicted octanol–water partition coefficient (Wildman–Crippen LogP) is 1.21. The minimum absolute atomic E-state index is 0.381. The van der Waals surface area contributed by atoms with Gasteiger partial charge in [-0.3, -0.25) is 0 Å². The first-order chi connectivity index (χ1) is 4.74. The van der Waals surface area contributed by atoms with Crippen LogP contribution >= 0.6 is 0 Å². The first-order valence-corrected chi connectivity index (χ1v) is 2.94. The summed E-state index contributed by atoms with van der Waals surface area (Å²) in [6.07, 6.45) is -0.0373. The molecular weight excluding hydrogens is 134 g/mol. The van der Waals surface area contributed by atoms with Crippen LogP contribution in [0, 0.1) is 0 Å². The number of rotatable bonds is 1. The predicted molar refractivity (Wildman–Crippen MR) is 37.1 cm³/mol. The zero-order valence-corrected chi connectivity index (χ0v) is 6.38. The van der Waals surface area contributed by atoms with E-state index in [0.29, 0.717) is 12.3 Å². The number of methoxy groups -OCH3 is 2. The van der Waals surface area contributed by atoms with Crippen LogP contribution in [-0.2, 0) is 9.47 Å². The van der Waals surface area contributed by atoms with Gasteiger partial charge in [-0.05, 0) is 0 Å². The van der Waals surface area contributed by atoms with Gasteiger partial charge in [0.05, 0.1) is 14.2 Å². The fourth-order valence-electron chi connectivity index (χ4n) is 0.416. The number of hydrogen-bond acceptors (Lipinski definition) is 3. The van der Waals surface area contributed by atoms with E-state index in [4.69, 9.17) is 4.74 Å². The van der Waals surface area contributed by atoms with E-state index in [1.54, 1.807) is 0 Å². The van der Waals surface area contributed by atoms with Crippen molar-refractivity contribution in [2.75, 3.05) is 14.2 Å². The van der Waals surface area contributed by atoms with Crippen molar-refractivity contribution in [2.24, 2.45) is 4.99 Å². The third-order valence-electron chi connectivity index (χ3n) is 0.929. The van der Waals surface area contributed by atoms with E-state index >= 15 is 0 Å². The summed E-state index contributed by atoms with van der Waals surface area (Å²) in [5, 5.41) is 0. The van der Waals surface area contributed by atoms with Crippen molar-refractivity contribution in [1.82, 2.24) is 0 Å². The van der Waals surface area contributed by atoms with Crippen LogP contribution in [-0.4, -0.2) is 26.2 Å². The lowest BCUT2D eigenvalue weighted by Gasteiger charge is -1.98. The van der Waals surface area contributed by atoms with E-state index < -0.39 is 6.09 Å². The number of hydrogen-bond donors (Lipinski definition) is 0. The Bertz CT molecular complexity index is 136. The lowest BCUT2D eigenvalue weighted by Crippen LogP contribution is -2.04. The first-order valence-electron chi connectivity index (χ1n) is 2.94. The molecule has 0 saturated heterocycles. The van der Waals surface area contributed by atoms with Gasteiger partial charge in [0.2, 0.25) is 0 Å². The van der Waals surface area contributed by atoms with Gasteiger partial charge in [-0.1, -0.05) is 6.92 Å². The summed E-state index contributed by atoms with van der Waals surface area (Å²) in [4.78, 5) is 13.9. The summed E-state index contributed by atoms with van der Waals surface area (Å²) >= 11 is 0. The van der Waals surface area contributed by atoms with Crippen LogP contribution in [0.3, 0.4) is 0 Å². The lowest BCUT2D eigenvalue weighted by atomic mass is 10.5. The zero-order chi connectivity index (χ0) is 7.98. The van der Waals surface area contributed by atoms with Crippen LogP contribution in [0.15, 0.2) is 4.99 Å². The molecule has 0 saturated carbocycles. The quantitative estimate of drug-likeness (QED) is 0.411. The molecule has 0 fully saturated rings. The highest BCUT2D eigenvalue weighted by atomic mass is 16.5. The molecule has 0 radical (unpaired) electrons. The van der Waals surface area contributed by atoms with Crippen molar-refractivity contribution in [3.05, 3.63) is 0 Å². The first kappa shape index (κ1) is 8.94. The number of ether oxygens (including phenoxy) is 2. The van der Waals surface area contributed by atoms with Crippen LogP contribution in [0.4, 0.5) is 4.79 Å². The van der Waals surface area contributed by atoms with Crippen LogP contribution in [0.5, 0.6) is 0 Å². The highest BCUT2D eigenvalue weighted by Gasteiger charge is 1.98. The van der Waals surface area contributed by atoms with Gasteiger partial charge >= 0.3 is 6.09 Å². The second kappa shape index (κ2) is 4.78. The maximum Gasteiger partial charge on any atom is 0.436 e. The normalized spacial score (nSPS) is 10.9. The molecule has 0 N–H and O–H groups in total. The fraction of sp³-hybridized carbons (Fsp3) is 0.667. The SMILES string of the molecule is CC/C(=N/C(=O)OC)OC. The number of carbonyl (C=O) groups excluding carboxylic acids is 1. The molecule has 0 aliphatic heterocycles. The number of carbonyl (C=O) groups is 1. The third-order valence-corrected chi connectivity index (χ3v) is 0.929. The zero-order valence-electron chi connectivity index (χ0n) is 6.38. The summed E-state index contributed by atoms with van der Waals surface area (Å²) in [5.74, 6) is 0.381. The van der Waals surface area contributed by atoms with Crippen molar-refractivity contribution in [3.63, 3.8) is 0 Å². The van der Waals surface area contributed by atoms with Crippen LogP contribution in [0.25, 0.3) is 0 Å². The van der Waals surface area contributed by atoms with Gasteiger partial charge in [-0.2, -0.15) is 0 Å². The minimum Gasteiger partial charge on any atom is -0.484 e. The maximum atomic E-state index is 10.5. The van der Waals surface area contributed by atoms with Crippen molar-refractivity contribution in [3.8, 4) is 0 Å². The van der Waals surface area contributed by atoms with Gasteiger partial charge in [0.15, 0.2) is 5.90 Å². The van der Waals surface area contributed by atoms with E-state index in [-0.39, 0.29) is 0 Å². The van der Waals surface area contributed by atoms with E-state index in [0.717, 1.165) is 0 Å². The van der Waals surface area contributed by atoms with E-state index in [9.17, 15) is 4.79 Å². The minimum atomic E-state index is -0.626. The van der Waals surface area contributed by atoms with E-state index in [1.807, 2.05) is 6.92 Å². The molecule has 0 bridgehead atoms. The molecule has 0 aromatic heterocycles. The molecule has 0 aromatic rings. The lowest BCUT2D eigenvalue weighted by molar-refractivity contribution is 0.181. The van der Waals surface area contributed by atoms with Gasteiger partial charge in [-0.15, -0.1) is 4.99 Å². The monoisotopic (exact) mass is 145 g/mol. The Morgan fingerprint density at radius 1 is 1.40 bits per heavy atom. The van der Waals surface area contributed by atoms with E-state index in [1.165, 1.54) is 14.2 Å². The molecule has 0 aliphatic rings. The van der Waals surface area contributed by atoms with E-state index in [2.05, 4.69) is 9.73 Å². The molecule has 0 aliphatic carbocycles. The molecule has 0 rings (SSSR count). The number of nitrogens with zero attached hydrogens (tertiary/aromatic N) is 1. The number of aliphatic imine (C=N–C) groups is 1. The van der Waals surface area contributed by atoms with Gasteiger partial charge < -0.3 is 9.47 Å². The van der Waals surface area contributed by atoms with Crippen LogP contribution in [0.2, 0.25) is 0 Å². The molecule has 1 amide bonds. The standard InChI is InChI=1S/C6H11NO3/c1-4-5(9-2)7-6(8)10-3/h4H2,1-3H3/b7-5-. The fourth-order valence-corrected chi connectivity index (χ4v) is 0.416. The third kappa shape index (κ3) is 3.06. The summed E-state index contributed by atoms with van der Waals surface area (Å²) < 4.78 is 9.00. The van der Waals surface area contributed by atoms with Gasteiger partial charge in [0.25, 0.3) is 0 Å². The topological polar surface area (TPSA) is 47.9 Å². The Kier molecular flexibility index (Phi) is 4.28. The number of amides is 1. The molecule has 4 nitrogen and oxygen atoms in total. The summed E-state index contributed by atoms with van der Waals surface area (Å²) in [7, 11) is 2.74. The second-order valence-corrected chi connectivity index (χ2v) is 1.53. The Labute approximate surface area is 59.8 Å². The van der Waals surface area contributed by atoms with Gasteiger partial charge in [0, 0.05) is 6.42 Å². The largest absolute Gasteiger partial charge is 0.484 e. The molecule has 0 spiro atoms. The second-order valence-electron chi connectivity index (χ2n) is 1.53. The van der Waals surface area contributed by atoms with Crippen LogP contribution < -0.4 is 0 Å². The maximum absolute atomic E-state index is 10.5. The Morgan fingerprint density at radius 2 is 2.00 bits per heavy atom. The van der Waals surface area contributed by atoms with Gasteiger partial charge in [-0.25, -0.2) is 4.79 Å². The Morgan fingerprint density at radius 3 is 2.30 bits per heavy atom. The smallest absolute Gasteiger partial charge is 0.436 e. The highest BCUT2D eigenvalue weighted by Crippen LogP contribution is 1.89. The Hall–Kier alpha value is -1.06. The van der Waals surface area contributed by atoms with Crippen molar-refractivity contribution >= 4 is 12.0 Å².